The van der Waals surface area contributed by atoms with Crippen molar-refractivity contribution in [2.45, 2.75) is 42.3 Å². The summed E-state index contributed by atoms with van der Waals surface area (Å²) in [6, 6.07) is 11.1. The van der Waals surface area contributed by atoms with Gasteiger partial charge in [-0.15, -0.1) is 0 Å². The van der Waals surface area contributed by atoms with Crippen LogP contribution in [0.1, 0.15) is 19.4 Å². The smallest absolute Gasteiger partial charge is 0.352 e. The van der Waals surface area contributed by atoms with Crippen LogP contribution in [0, 0.1) is 11.8 Å². The molecule has 0 aliphatic carbocycles. The molecule has 6 heterocycles. The predicted octanol–water partition coefficient (Wildman–Crippen LogP) is 1.05. The summed E-state index contributed by atoms with van der Waals surface area (Å²) in [5, 5.41) is 20.2. The minimum atomic E-state index is -1.41. The molecule has 2 bridgehead atoms. The van der Waals surface area contributed by atoms with Gasteiger partial charge in [0, 0.05) is 28.2 Å². The number of carboxylic acids is 1. The molecule has 4 saturated heterocycles. The van der Waals surface area contributed by atoms with Crippen molar-refractivity contribution in [3.63, 3.8) is 0 Å². The van der Waals surface area contributed by atoms with Crippen molar-refractivity contribution in [3.8, 4) is 16.9 Å². The summed E-state index contributed by atoms with van der Waals surface area (Å²) in [4.78, 5) is 39.5. The van der Waals surface area contributed by atoms with E-state index in [-0.39, 0.29) is 30.0 Å². The lowest BCUT2D eigenvalue weighted by Crippen LogP contribution is -2.75. The molecule has 4 N–H and O–H groups in total. The van der Waals surface area contributed by atoms with Crippen molar-refractivity contribution in [1.29, 1.82) is 0 Å². The maximum absolute atomic E-state index is 14.0. The number of hydrogen-bond donors (Lipinski definition) is 3. The second-order valence-electron chi connectivity index (χ2n) is 13.2. The van der Waals surface area contributed by atoms with E-state index in [9.17, 15) is 28.8 Å². The maximum Gasteiger partial charge on any atom is 0.352 e. The highest BCUT2D eigenvalue weighted by molar-refractivity contribution is 7.85. The van der Waals surface area contributed by atoms with Gasteiger partial charge in [0.05, 0.1) is 38.7 Å². The number of rotatable bonds is 9. The fraction of sp³-hybridized carbons (Fsp3) is 0.469. The first kappa shape index (κ1) is 29.1. The van der Waals surface area contributed by atoms with E-state index in [2.05, 4.69) is 6.07 Å². The van der Waals surface area contributed by atoms with Gasteiger partial charge in [0.15, 0.2) is 6.54 Å². The standard InChI is InChI=1S/C32H36N4O7S/c1-18-22(29(32(40)41)34-28(18)26(19(2)37)31(34)39)17-43-23-7-4-8-24-27(23)21-6-3-5-20(30(21)44(24)42)15-35-9-12-36(13-10-35,14-11-35)16-25(33)38/h3-8,18-19,26,28,37H,9-17H2,1-2H3,(H-2,33,38,40,41)/p+2/t18-,19?,26?,28?,35?,36?,44?/m0/s1. The molecule has 5 atom stereocenters. The van der Waals surface area contributed by atoms with Crippen LogP contribution < -0.4 is 10.5 Å². The average Bonchev–Trinajstić information content (AvgIpc) is 3.41. The Kier molecular flexibility index (Phi) is 6.78. The van der Waals surface area contributed by atoms with Gasteiger partial charge in [-0.05, 0) is 19.1 Å². The van der Waals surface area contributed by atoms with E-state index in [1.807, 2.05) is 31.2 Å². The number of aliphatic carboxylic acids is 1. The van der Waals surface area contributed by atoms with Crippen molar-refractivity contribution >= 4 is 28.6 Å². The summed E-state index contributed by atoms with van der Waals surface area (Å²) in [7, 11) is -1.41. The summed E-state index contributed by atoms with van der Waals surface area (Å²) in [5.74, 6) is -2.26. The Labute approximate surface area is 258 Å². The lowest BCUT2D eigenvalue weighted by molar-refractivity contribution is -1.08. The number of carbonyl (C=O) groups is 3. The first-order valence-electron chi connectivity index (χ1n) is 15.2. The fourth-order valence-corrected chi connectivity index (χ4v) is 9.94. The number of quaternary nitrogens is 2. The van der Waals surface area contributed by atoms with Crippen LogP contribution in [0.25, 0.3) is 11.1 Å². The highest BCUT2D eigenvalue weighted by atomic mass is 32.2. The molecule has 0 aromatic heterocycles. The van der Waals surface area contributed by atoms with E-state index in [1.165, 1.54) is 4.90 Å². The molecule has 0 radical (unpaired) electrons. The molecule has 11 nitrogen and oxygen atoms in total. The van der Waals surface area contributed by atoms with E-state index in [0.29, 0.717) is 22.8 Å². The molecule has 4 fully saturated rings. The van der Waals surface area contributed by atoms with E-state index in [0.717, 1.165) is 76.4 Å². The number of piperazine rings is 3. The number of nitrogens with two attached hydrogens (primary N) is 1. The Hall–Kier alpha value is -3.58. The quantitative estimate of drug-likeness (QED) is 0.239. The minimum Gasteiger partial charge on any atom is -0.488 e. The van der Waals surface area contributed by atoms with Gasteiger partial charge in [0.1, 0.15) is 63.9 Å². The fourth-order valence-electron chi connectivity index (χ4n) is 8.39. The van der Waals surface area contributed by atoms with Gasteiger partial charge < -0.3 is 34.5 Å². The van der Waals surface area contributed by atoms with Gasteiger partial charge in [0.25, 0.3) is 5.91 Å². The van der Waals surface area contributed by atoms with Crippen LogP contribution >= 0.6 is 0 Å². The van der Waals surface area contributed by atoms with Crippen LogP contribution in [0.2, 0.25) is 0 Å². The first-order valence-corrected chi connectivity index (χ1v) is 16.4. The summed E-state index contributed by atoms with van der Waals surface area (Å²) >= 11 is 0. The third kappa shape index (κ3) is 4.26. The number of aliphatic hydroxyl groups is 1. The molecule has 2 aromatic carbocycles. The molecule has 2 amide bonds. The molecule has 0 saturated carbocycles. The van der Waals surface area contributed by atoms with Crippen LogP contribution in [0.5, 0.6) is 5.75 Å². The predicted molar refractivity (Wildman–Crippen MR) is 159 cm³/mol. The number of hydrogen-bond acceptors (Lipinski definition) is 6. The van der Waals surface area contributed by atoms with E-state index in [1.54, 1.807) is 13.0 Å². The third-order valence-corrected chi connectivity index (χ3v) is 12.4. The number of primary amides is 1. The molecule has 44 heavy (non-hydrogen) atoms. The lowest BCUT2D eigenvalue weighted by atomic mass is 9.78. The lowest BCUT2D eigenvalue weighted by Gasteiger charge is -2.55. The van der Waals surface area contributed by atoms with Gasteiger partial charge in [-0.1, -0.05) is 31.2 Å². The van der Waals surface area contributed by atoms with E-state index in [4.69, 9.17) is 10.5 Å². The van der Waals surface area contributed by atoms with Gasteiger partial charge >= 0.3 is 5.97 Å². The molecular weight excluding hydrogens is 584 g/mol. The molecule has 4 unspecified atom stereocenters. The van der Waals surface area contributed by atoms with Crippen molar-refractivity contribution < 1.29 is 42.5 Å². The Bertz CT molecular complexity index is 1650. The van der Waals surface area contributed by atoms with E-state index >= 15 is 0 Å². The van der Waals surface area contributed by atoms with Crippen LogP contribution in [0.3, 0.4) is 0 Å². The number of fused-ring (bicyclic) bond motifs is 7. The number of amides is 2. The monoisotopic (exact) mass is 622 g/mol. The number of nitrogens with zero attached hydrogens (tertiary/aromatic N) is 3. The number of carboxylic acid groups (broad SMARTS) is 1. The molecular formula is C32H38N4O7S+2. The van der Waals surface area contributed by atoms with Crippen molar-refractivity contribution in [1.82, 2.24) is 4.90 Å². The van der Waals surface area contributed by atoms with Gasteiger partial charge in [-0.3, -0.25) is 9.59 Å². The topological polar surface area (TPSA) is 147 Å². The Balaban J connectivity index is 1.16. The minimum absolute atomic E-state index is 0.0426. The molecule has 12 heteroatoms. The summed E-state index contributed by atoms with van der Waals surface area (Å²) in [6.07, 6.45) is -0.878. The number of ether oxygens (including phenoxy) is 1. The maximum atomic E-state index is 14.0. The Morgan fingerprint density at radius 2 is 1.75 bits per heavy atom. The molecule has 0 spiro atoms. The summed E-state index contributed by atoms with van der Waals surface area (Å²) in [6.45, 7) is 10.1. The second-order valence-corrected chi connectivity index (χ2v) is 14.6. The van der Waals surface area contributed by atoms with Gasteiger partial charge in [-0.25, -0.2) is 9.00 Å². The number of benzene rings is 2. The van der Waals surface area contributed by atoms with Crippen LogP contribution in [0.4, 0.5) is 0 Å². The van der Waals surface area contributed by atoms with Crippen LogP contribution in [0.15, 0.2) is 57.5 Å². The average molecular weight is 623 g/mol. The highest BCUT2D eigenvalue weighted by Crippen LogP contribution is 2.50. The number of carbonyl (C=O) groups excluding carboxylic acids is 2. The zero-order chi connectivity index (χ0) is 31.1. The Morgan fingerprint density at radius 3 is 2.39 bits per heavy atom. The molecule has 232 valence electrons. The van der Waals surface area contributed by atoms with Crippen molar-refractivity contribution in [2.24, 2.45) is 17.6 Å². The Morgan fingerprint density at radius 1 is 1.09 bits per heavy atom. The van der Waals surface area contributed by atoms with Gasteiger partial charge in [-0.2, -0.15) is 0 Å². The highest BCUT2D eigenvalue weighted by Gasteiger charge is 2.60. The number of β-lactam (4-membered cyclic amide) rings is 1. The SMILES string of the molecule is CC(O)C1C(=O)N2C(C(=O)O)=C(COc3cccc4c3-c3cccc(C[N+]56CC[N+](CC(N)=O)(CC5)CC6)c3S4=O)[C@H](C)C12. The normalized spacial score (nSPS) is 32.2. The largest absolute Gasteiger partial charge is 0.488 e. The van der Waals surface area contributed by atoms with Crippen LogP contribution in [-0.4, -0.2) is 111 Å². The van der Waals surface area contributed by atoms with Crippen molar-refractivity contribution in [3.05, 3.63) is 53.2 Å². The molecule has 2 aromatic rings. The summed E-state index contributed by atoms with van der Waals surface area (Å²) < 4.78 is 22.0. The third-order valence-electron chi connectivity index (χ3n) is 10.8. The molecule has 8 rings (SSSR count). The second kappa shape index (κ2) is 10.2. The first-order chi connectivity index (χ1) is 21.0. The molecule has 6 aliphatic rings. The van der Waals surface area contributed by atoms with Crippen molar-refractivity contribution in [2.75, 3.05) is 52.4 Å². The zero-order valence-corrected chi connectivity index (χ0v) is 25.7. The van der Waals surface area contributed by atoms with Crippen LogP contribution in [-0.2, 0) is 31.7 Å². The number of aliphatic hydroxyl groups excluding tert-OH is 1. The zero-order valence-electron chi connectivity index (χ0n) is 24.9. The molecule has 6 aliphatic heterocycles. The summed E-state index contributed by atoms with van der Waals surface area (Å²) in [5.41, 5.74) is 8.64. The van der Waals surface area contributed by atoms with E-state index < -0.39 is 34.8 Å². The van der Waals surface area contributed by atoms with Gasteiger partial charge in [0.2, 0.25) is 5.91 Å².